The molecule has 0 aliphatic heterocycles. The number of nitrogens with one attached hydrogen (secondary N) is 1. The summed E-state index contributed by atoms with van der Waals surface area (Å²) < 4.78 is 25.6. The van der Waals surface area contributed by atoms with Gasteiger partial charge in [-0.25, -0.2) is 8.78 Å². The Bertz CT molecular complexity index is 486. The number of nitriles is 1. The first-order valence-corrected chi connectivity index (χ1v) is 5.05. The van der Waals surface area contributed by atoms with Gasteiger partial charge in [0, 0.05) is 23.0 Å². The van der Waals surface area contributed by atoms with Crippen LogP contribution in [0, 0.1) is 23.0 Å². The third-order valence-electron chi connectivity index (χ3n) is 2.57. The van der Waals surface area contributed by atoms with Crippen LogP contribution in [0.3, 0.4) is 0 Å². The Kier molecular flexibility index (Phi) is 2.86. The number of rotatable bonds is 2. The minimum atomic E-state index is -0.887. The van der Waals surface area contributed by atoms with Crippen LogP contribution in [0.15, 0.2) is 29.5 Å². The van der Waals surface area contributed by atoms with Crippen molar-refractivity contribution in [2.45, 2.75) is 19.3 Å². The molecule has 0 fully saturated rings. The molecule has 2 nitrogen and oxygen atoms in total. The summed E-state index contributed by atoms with van der Waals surface area (Å²) in [6.45, 7) is 0. The molecular formula is C12H10F2N2. The molecular weight excluding hydrogens is 210 g/mol. The molecule has 1 aromatic carbocycles. The Labute approximate surface area is 92.2 Å². The minimum Gasteiger partial charge on any atom is -0.358 e. The van der Waals surface area contributed by atoms with Crippen molar-refractivity contribution in [3.63, 3.8) is 0 Å². The molecule has 0 atom stereocenters. The molecule has 1 aliphatic carbocycles. The third-order valence-corrected chi connectivity index (χ3v) is 2.57. The maximum Gasteiger partial charge on any atom is 0.160 e. The van der Waals surface area contributed by atoms with E-state index >= 15 is 0 Å². The molecule has 1 N–H and O–H groups in total. The zero-order valence-electron chi connectivity index (χ0n) is 8.56. The summed E-state index contributed by atoms with van der Waals surface area (Å²) in [5.74, 6) is -1.76. The molecule has 82 valence electrons. The highest BCUT2D eigenvalue weighted by atomic mass is 19.2. The Morgan fingerprint density at radius 3 is 2.69 bits per heavy atom. The molecule has 0 aromatic heterocycles. The van der Waals surface area contributed by atoms with Crippen LogP contribution < -0.4 is 5.32 Å². The molecule has 0 saturated carbocycles. The summed E-state index contributed by atoms with van der Waals surface area (Å²) in [6, 6.07) is 5.73. The lowest BCUT2D eigenvalue weighted by atomic mass is 10.2. The monoisotopic (exact) mass is 220 g/mol. The number of hydrogen-bond donors (Lipinski definition) is 1. The highest BCUT2D eigenvalue weighted by Crippen LogP contribution is 2.27. The van der Waals surface area contributed by atoms with Gasteiger partial charge in [0.2, 0.25) is 0 Å². The first-order valence-electron chi connectivity index (χ1n) is 5.05. The number of benzene rings is 1. The summed E-state index contributed by atoms with van der Waals surface area (Å²) in [6.07, 6.45) is 2.46. The summed E-state index contributed by atoms with van der Waals surface area (Å²) in [5, 5.41) is 11.8. The molecule has 2 rings (SSSR count). The zero-order valence-corrected chi connectivity index (χ0v) is 8.56. The van der Waals surface area contributed by atoms with Crippen LogP contribution in [0.25, 0.3) is 0 Å². The van der Waals surface area contributed by atoms with Crippen molar-refractivity contribution in [1.82, 2.24) is 0 Å². The third kappa shape index (κ3) is 2.03. The van der Waals surface area contributed by atoms with Gasteiger partial charge in [0.05, 0.1) is 6.07 Å². The van der Waals surface area contributed by atoms with Gasteiger partial charge in [-0.1, -0.05) is 0 Å². The van der Waals surface area contributed by atoms with Gasteiger partial charge >= 0.3 is 0 Å². The van der Waals surface area contributed by atoms with Crippen LogP contribution in [-0.4, -0.2) is 0 Å². The minimum absolute atomic E-state index is 0.476. The Morgan fingerprint density at radius 1 is 1.19 bits per heavy atom. The molecule has 1 aromatic rings. The molecule has 0 spiro atoms. The lowest BCUT2D eigenvalue weighted by Gasteiger charge is -2.07. The van der Waals surface area contributed by atoms with E-state index in [9.17, 15) is 8.78 Å². The standard InChI is InChI=1S/C12H10F2N2/c13-10-5-4-9(6-11(10)14)16-12-3-1-2-8(12)7-15/h4-6,16H,1-3H2. The van der Waals surface area contributed by atoms with Gasteiger partial charge in [0.25, 0.3) is 0 Å². The number of halogens is 2. The van der Waals surface area contributed by atoms with Gasteiger partial charge in [-0.3, -0.25) is 0 Å². The van der Waals surface area contributed by atoms with Gasteiger partial charge in [-0.05, 0) is 31.4 Å². The van der Waals surface area contributed by atoms with E-state index in [2.05, 4.69) is 11.4 Å². The van der Waals surface area contributed by atoms with E-state index in [1.807, 2.05) is 0 Å². The van der Waals surface area contributed by atoms with Crippen LogP contribution in [0.2, 0.25) is 0 Å². The van der Waals surface area contributed by atoms with E-state index in [0.717, 1.165) is 37.1 Å². The van der Waals surface area contributed by atoms with Crippen LogP contribution in [0.4, 0.5) is 14.5 Å². The highest BCUT2D eigenvalue weighted by Gasteiger charge is 2.14. The Balaban J connectivity index is 2.22. The fourth-order valence-electron chi connectivity index (χ4n) is 1.75. The predicted octanol–water partition coefficient (Wildman–Crippen LogP) is 3.34. The fourth-order valence-corrected chi connectivity index (χ4v) is 1.75. The van der Waals surface area contributed by atoms with Crippen molar-refractivity contribution >= 4 is 5.69 Å². The lowest BCUT2D eigenvalue weighted by Crippen LogP contribution is -1.99. The predicted molar refractivity (Wildman–Crippen MR) is 56.5 cm³/mol. The van der Waals surface area contributed by atoms with Crippen LogP contribution in [0.5, 0.6) is 0 Å². The number of allylic oxidation sites excluding steroid dienone is 2. The fraction of sp³-hybridized carbons (Fsp3) is 0.250. The van der Waals surface area contributed by atoms with Gasteiger partial charge in [0.1, 0.15) is 0 Å². The van der Waals surface area contributed by atoms with Crippen molar-refractivity contribution in [2.24, 2.45) is 0 Å². The Morgan fingerprint density at radius 2 is 2.00 bits per heavy atom. The molecule has 0 saturated heterocycles. The van der Waals surface area contributed by atoms with Crippen LogP contribution >= 0.6 is 0 Å². The van der Waals surface area contributed by atoms with Crippen LogP contribution in [0.1, 0.15) is 19.3 Å². The quantitative estimate of drug-likeness (QED) is 0.829. The van der Waals surface area contributed by atoms with Crippen molar-refractivity contribution in [1.29, 1.82) is 5.26 Å². The second-order valence-electron chi connectivity index (χ2n) is 3.68. The smallest absolute Gasteiger partial charge is 0.160 e. The van der Waals surface area contributed by atoms with Crippen molar-refractivity contribution in [2.75, 3.05) is 5.32 Å². The molecule has 0 bridgehead atoms. The summed E-state index contributed by atoms with van der Waals surface area (Å²) in [7, 11) is 0. The SMILES string of the molecule is N#CC1=C(Nc2ccc(F)c(F)c2)CCC1. The summed E-state index contributed by atoms with van der Waals surface area (Å²) in [5.41, 5.74) is 1.99. The average Bonchev–Trinajstić information content (AvgIpc) is 2.71. The molecule has 16 heavy (non-hydrogen) atoms. The number of anilines is 1. The Hall–Kier alpha value is -1.89. The molecule has 1 aliphatic rings. The molecule has 4 heteroatoms. The van der Waals surface area contributed by atoms with E-state index in [-0.39, 0.29) is 0 Å². The molecule has 0 unspecified atom stereocenters. The first-order chi connectivity index (χ1) is 7.70. The average molecular weight is 220 g/mol. The van der Waals surface area contributed by atoms with E-state index in [1.54, 1.807) is 0 Å². The van der Waals surface area contributed by atoms with Crippen LogP contribution in [-0.2, 0) is 0 Å². The zero-order chi connectivity index (χ0) is 11.5. The normalized spacial score (nSPS) is 15.1. The number of nitrogens with zero attached hydrogens (tertiary/aromatic N) is 1. The summed E-state index contributed by atoms with van der Waals surface area (Å²) >= 11 is 0. The van der Waals surface area contributed by atoms with Crippen molar-refractivity contribution in [3.8, 4) is 6.07 Å². The summed E-state index contributed by atoms with van der Waals surface area (Å²) in [4.78, 5) is 0. The van der Waals surface area contributed by atoms with Crippen molar-refractivity contribution in [3.05, 3.63) is 41.1 Å². The number of hydrogen-bond acceptors (Lipinski definition) is 2. The van der Waals surface area contributed by atoms with Gasteiger partial charge in [0.15, 0.2) is 11.6 Å². The lowest BCUT2D eigenvalue weighted by molar-refractivity contribution is 0.509. The highest BCUT2D eigenvalue weighted by molar-refractivity contribution is 5.52. The first kappa shape index (κ1) is 10.6. The topological polar surface area (TPSA) is 35.8 Å². The maximum atomic E-state index is 12.9. The molecule has 0 radical (unpaired) electrons. The van der Waals surface area contributed by atoms with Gasteiger partial charge in [-0.15, -0.1) is 0 Å². The second kappa shape index (κ2) is 4.31. The van der Waals surface area contributed by atoms with Crippen molar-refractivity contribution < 1.29 is 8.78 Å². The van der Waals surface area contributed by atoms with Gasteiger partial charge < -0.3 is 5.32 Å². The maximum absolute atomic E-state index is 12.9. The molecule has 0 amide bonds. The largest absolute Gasteiger partial charge is 0.358 e. The van der Waals surface area contributed by atoms with E-state index in [4.69, 9.17) is 5.26 Å². The second-order valence-corrected chi connectivity index (χ2v) is 3.68. The van der Waals surface area contributed by atoms with E-state index in [1.165, 1.54) is 6.07 Å². The van der Waals surface area contributed by atoms with Gasteiger partial charge in [-0.2, -0.15) is 5.26 Å². The van der Waals surface area contributed by atoms with E-state index < -0.39 is 11.6 Å². The molecule has 0 heterocycles. The van der Waals surface area contributed by atoms with E-state index in [0.29, 0.717) is 11.3 Å².